The van der Waals surface area contributed by atoms with Crippen LogP contribution in [0.15, 0.2) is 79.0 Å². The zero-order valence-electron chi connectivity index (χ0n) is 18.6. The van der Waals surface area contributed by atoms with Gasteiger partial charge in [-0.05, 0) is 55.0 Å². The van der Waals surface area contributed by atoms with Gasteiger partial charge in [-0.15, -0.1) is 0 Å². The largest absolute Gasteiger partial charge is 0.484 e. The van der Waals surface area contributed by atoms with Crippen molar-refractivity contribution in [1.82, 2.24) is 15.1 Å². The Balaban J connectivity index is 1.58. The Bertz CT molecular complexity index is 1210. The first-order valence-electron chi connectivity index (χ1n) is 10.8. The van der Waals surface area contributed by atoms with E-state index in [1.54, 1.807) is 30.1 Å². The van der Waals surface area contributed by atoms with Crippen LogP contribution in [-0.2, 0) is 9.53 Å². The smallest absolute Gasteiger partial charge is 0.222 e. The highest BCUT2D eigenvalue weighted by Crippen LogP contribution is 2.29. The molecule has 1 N–H and O–H groups in total. The maximum Gasteiger partial charge on any atom is 0.222 e. The summed E-state index contributed by atoms with van der Waals surface area (Å²) in [5.41, 5.74) is 2.61. The molecule has 0 fully saturated rings. The highest BCUT2D eigenvalue weighted by atomic mass is 19.1. The van der Waals surface area contributed by atoms with Crippen LogP contribution in [0.2, 0.25) is 0 Å². The van der Waals surface area contributed by atoms with Gasteiger partial charge in [-0.1, -0.05) is 30.3 Å². The van der Waals surface area contributed by atoms with Gasteiger partial charge in [0.15, 0.2) is 0 Å². The van der Waals surface area contributed by atoms with E-state index in [1.165, 1.54) is 12.1 Å². The Labute approximate surface area is 191 Å². The van der Waals surface area contributed by atoms with Crippen molar-refractivity contribution in [3.8, 4) is 11.4 Å². The fourth-order valence-corrected chi connectivity index (χ4v) is 3.72. The van der Waals surface area contributed by atoms with Crippen LogP contribution >= 0.6 is 0 Å². The third-order valence-corrected chi connectivity index (χ3v) is 5.38. The van der Waals surface area contributed by atoms with E-state index in [1.807, 2.05) is 55.5 Å². The van der Waals surface area contributed by atoms with Crippen LogP contribution < -0.4 is 10.1 Å². The molecule has 0 aliphatic carbocycles. The lowest BCUT2D eigenvalue weighted by molar-refractivity contribution is -0.123. The van der Waals surface area contributed by atoms with E-state index in [0.717, 1.165) is 22.2 Å². The zero-order chi connectivity index (χ0) is 23.2. The van der Waals surface area contributed by atoms with Crippen molar-refractivity contribution in [2.24, 2.45) is 0 Å². The summed E-state index contributed by atoms with van der Waals surface area (Å²) in [6.45, 7) is 2.29. The molecule has 0 bridgehead atoms. The van der Waals surface area contributed by atoms with E-state index in [2.05, 4.69) is 10.4 Å². The van der Waals surface area contributed by atoms with Crippen molar-refractivity contribution in [2.45, 2.75) is 25.5 Å². The summed E-state index contributed by atoms with van der Waals surface area (Å²) in [4.78, 5) is 12.3. The number of amides is 1. The number of halogens is 1. The summed E-state index contributed by atoms with van der Waals surface area (Å²) in [5.74, 6) is 0.277. The predicted molar refractivity (Wildman–Crippen MR) is 125 cm³/mol. The Hall–Kier alpha value is -3.71. The van der Waals surface area contributed by atoms with Crippen molar-refractivity contribution in [3.63, 3.8) is 0 Å². The predicted octanol–water partition coefficient (Wildman–Crippen LogP) is 4.83. The van der Waals surface area contributed by atoms with Gasteiger partial charge in [-0.25, -0.2) is 9.07 Å². The van der Waals surface area contributed by atoms with Crippen LogP contribution in [-0.4, -0.2) is 35.4 Å². The number of ether oxygens (including phenoxy) is 2. The van der Waals surface area contributed by atoms with Gasteiger partial charge < -0.3 is 14.8 Å². The lowest BCUT2D eigenvalue weighted by Gasteiger charge is -2.26. The summed E-state index contributed by atoms with van der Waals surface area (Å²) >= 11 is 0. The Morgan fingerprint density at radius 1 is 1.09 bits per heavy atom. The quantitative estimate of drug-likeness (QED) is 0.399. The number of benzene rings is 3. The molecule has 0 saturated heterocycles. The molecule has 0 spiro atoms. The fraction of sp³-hybridized carbons (Fsp3) is 0.231. The molecule has 33 heavy (non-hydrogen) atoms. The third kappa shape index (κ3) is 5.38. The second kappa shape index (κ2) is 10.3. The van der Waals surface area contributed by atoms with E-state index in [4.69, 9.17) is 9.47 Å². The molecule has 0 radical (unpaired) electrons. The monoisotopic (exact) mass is 447 g/mol. The molecule has 4 rings (SSSR count). The minimum absolute atomic E-state index is 0.0927. The number of nitrogens with one attached hydrogen (secondary N) is 1. The number of nitrogens with zero attached hydrogens (tertiary/aromatic N) is 2. The van der Waals surface area contributed by atoms with Crippen molar-refractivity contribution >= 4 is 16.8 Å². The fourth-order valence-electron chi connectivity index (χ4n) is 3.72. The number of hydrogen-bond acceptors (Lipinski definition) is 4. The number of carbonyl (C=O) groups excluding carboxylic acids is 1. The van der Waals surface area contributed by atoms with Gasteiger partial charge in [0.25, 0.3) is 0 Å². The summed E-state index contributed by atoms with van der Waals surface area (Å²) in [7, 11) is 1.57. The Kier molecular flexibility index (Phi) is 7.00. The molecule has 7 heteroatoms. The van der Waals surface area contributed by atoms with Gasteiger partial charge in [-0.3, -0.25) is 4.79 Å². The third-order valence-electron chi connectivity index (χ3n) is 5.38. The van der Waals surface area contributed by atoms with Crippen LogP contribution in [0.4, 0.5) is 4.39 Å². The van der Waals surface area contributed by atoms with E-state index in [0.29, 0.717) is 12.4 Å². The van der Waals surface area contributed by atoms with Crippen LogP contribution in [0.25, 0.3) is 16.6 Å². The first kappa shape index (κ1) is 22.5. The first-order valence-corrected chi connectivity index (χ1v) is 10.8. The highest BCUT2D eigenvalue weighted by Gasteiger charge is 2.23. The van der Waals surface area contributed by atoms with Crippen LogP contribution in [0.5, 0.6) is 5.75 Å². The van der Waals surface area contributed by atoms with Gasteiger partial charge in [-0.2, -0.15) is 5.10 Å². The second-order valence-electron chi connectivity index (χ2n) is 7.80. The molecule has 0 unspecified atom stereocenters. The maximum absolute atomic E-state index is 13.3. The van der Waals surface area contributed by atoms with Crippen molar-refractivity contribution in [2.75, 3.05) is 13.7 Å². The molecule has 170 valence electrons. The van der Waals surface area contributed by atoms with Crippen molar-refractivity contribution < 1.29 is 18.7 Å². The molecule has 6 nitrogen and oxygen atoms in total. The van der Waals surface area contributed by atoms with E-state index < -0.39 is 0 Å². The summed E-state index contributed by atoms with van der Waals surface area (Å²) in [6, 6.07) is 21.4. The van der Waals surface area contributed by atoms with Gasteiger partial charge in [0, 0.05) is 18.9 Å². The van der Waals surface area contributed by atoms with Gasteiger partial charge in [0.1, 0.15) is 17.7 Å². The molecule has 0 saturated carbocycles. The molecule has 1 heterocycles. The summed E-state index contributed by atoms with van der Waals surface area (Å²) < 4.78 is 26.4. The molecular formula is C26H26FN3O3. The Morgan fingerprint density at radius 3 is 2.58 bits per heavy atom. The SMILES string of the molecule is COCCC(=O)N[C@@H](C)[C@@H](Oc1ccc2c(cnn2-c2ccc(F)cc2)c1)c1ccccc1. The Morgan fingerprint density at radius 2 is 1.85 bits per heavy atom. The highest BCUT2D eigenvalue weighted by molar-refractivity contribution is 5.81. The van der Waals surface area contributed by atoms with Crippen molar-refractivity contribution in [1.29, 1.82) is 0 Å². The lowest BCUT2D eigenvalue weighted by atomic mass is 10.0. The number of methoxy groups -OCH3 is 1. The topological polar surface area (TPSA) is 65.4 Å². The average molecular weight is 448 g/mol. The average Bonchev–Trinajstić information content (AvgIpc) is 3.25. The standard InChI is InChI=1S/C26H26FN3O3/c1-18(29-25(31)14-15-32-2)26(19-6-4-3-5-7-19)33-23-12-13-24-20(16-23)17-28-30(24)22-10-8-21(27)9-11-22/h3-13,16-18,26H,14-15H2,1-2H3,(H,29,31)/t18-,26+/m0/s1. The van der Waals surface area contributed by atoms with E-state index in [9.17, 15) is 9.18 Å². The molecular weight excluding hydrogens is 421 g/mol. The molecule has 2 atom stereocenters. The minimum Gasteiger partial charge on any atom is -0.484 e. The van der Waals surface area contributed by atoms with Gasteiger partial charge in [0.05, 0.1) is 30.0 Å². The number of carbonyl (C=O) groups is 1. The normalized spacial score (nSPS) is 12.9. The molecule has 0 aliphatic rings. The molecule has 4 aromatic rings. The number of aromatic nitrogens is 2. The number of rotatable bonds is 9. The van der Waals surface area contributed by atoms with Gasteiger partial charge >= 0.3 is 0 Å². The second-order valence-corrected chi connectivity index (χ2v) is 7.80. The molecule has 0 aliphatic heterocycles. The lowest BCUT2D eigenvalue weighted by Crippen LogP contribution is -2.39. The maximum atomic E-state index is 13.3. The zero-order valence-corrected chi connectivity index (χ0v) is 18.6. The summed E-state index contributed by atoms with van der Waals surface area (Å²) in [5, 5.41) is 8.35. The number of fused-ring (bicyclic) bond motifs is 1. The van der Waals surface area contributed by atoms with Crippen molar-refractivity contribution in [3.05, 3.63) is 90.4 Å². The van der Waals surface area contributed by atoms with E-state index >= 15 is 0 Å². The van der Waals surface area contributed by atoms with Crippen LogP contribution in [0.1, 0.15) is 25.0 Å². The summed E-state index contributed by atoms with van der Waals surface area (Å²) in [6.07, 6.45) is 1.65. The molecule has 1 aromatic heterocycles. The van der Waals surface area contributed by atoms with Crippen LogP contribution in [0.3, 0.4) is 0 Å². The van der Waals surface area contributed by atoms with Crippen LogP contribution in [0, 0.1) is 5.82 Å². The van der Waals surface area contributed by atoms with E-state index in [-0.39, 0.29) is 30.3 Å². The van der Waals surface area contributed by atoms with Gasteiger partial charge in [0.2, 0.25) is 5.91 Å². The molecule has 3 aromatic carbocycles. The first-order chi connectivity index (χ1) is 16.0. The number of hydrogen-bond donors (Lipinski definition) is 1. The minimum atomic E-state index is -0.387. The molecule has 1 amide bonds.